The summed E-state index contributed by atoms with van der Waals surface area (Å²) >= 11 is 0. The summed E-state index contributed by atoms with van der Waals surface area (Å²) in [5.74, 6) is 0. The first-order valence-electron chi connectivity index (χ1n) is 0. The first kappa shape index (κ1) is 152. The van der Waals surface area contributed by atoms with Gasteiger partial charge >= 0.3 is 69.4 Å². The Labute approximate surface area is 96.4 Å². The molecule has 0 radical (unpaired) electrons. The van der Waals surface area contributed by atoms with Crippen molar-refractivity contribution in [2.75, 3.05) is 0 Å². The van der Waals surface area contributed by atoms with Gasteiger partial charge in [-0.05, 0) is 0 Å². The molecule has 0 amide bonds. The number of hydrogen-bond acceptors (Lipinski definition) is 0. The number of hydrogen-bond donors (Lipinski definition) is 0. The summed E-state index contributed by atoms with van der Waals surface area (Å²) in [7, 11) is 0. The van der Waals surface area contributed by atoms with E-state index in [4.69, 9.17) is 0 Å². The molecule has 0 aromatic carbocycles. The van der Waals surface area contributed by atoms with Gasteiger partial charge in [-0.2, -0.15) is 0 Å². The molecule has 0 aliphatic heterocycles. The summed E-state index contributed by atoms with van der Waals surface area (Å²) in [6, 6.07) is 0. The Hall–Kier alpha value is 1.92. The topological polar surface area (TPSA) is 0 Å². The second-order valence-corrected chi connectivity index (χ2v) is 0. The van der Waals surface area contributed by atoms with Crippen molar-refractivity contribution in [3.8, 4) is 0 Å². The third-order valence-electron chi connectivity index (χ3n) is 0. The smallest absolute Gasteiger partial charge is 1.00 e. The summed E-state index contributed by atoms with van der Waals surface area (Å²) in [5.41, 5.74) is 0. The molecule has 7 heavy (non-hydrogen) atoms. The SMILES string of the molecule is [Al+3].[Al+3].[Al+3].[Al+3].[F-].[F-].[F-].[H-].[H-].[H-].[H-].[H-].[H-].[H-].[H-].[H-]. The molecular weight excluding hydrogens is 165 g/mol. The number of halogens is 3. The Balaban J connectivity index is 0. The van der Waals surface area contributed by atoms with Gasteiger partial charge in [0.25, 0.3) is 0 Å². The number of rotatable bonds is 0. The van der Waals surface area contributed by atoms with Crippen LogP contribution < -0.4 is 14.1 Å². The first-order chi connectivity index (χ1) is 0. The molecule has 0 saturated heterocycles. The normalized spacial score (nSPS) is 0. The van der Waals surface area contributed by atoms with E-state index in [0.29, 0.717) is 0 Å². The Kier molecular flexibility index (Phi) is 2230. The molecule has 42 valence electrons. The zero-order valence-corrected chi connectivity index (χ0v) is 8.06. The van der Waals surface area contributed by atoms with Crippen molar-refractivity contribution in [3.05, 3.63) is 0 Å². The van der Waals surface area contributed by atoms with Gasteiger partial charge in [0.2, 0.25) is 0 Å². The Morgan fingerprint density at radius 2 is 0.429 bits per heavy atom. The van der Waals surface area contributed by atoms with Crippen molar-refractivity contribution in [1.82, 2.24) is 0 Å². The summed E-state index contributed by atoms with van der Waals surface area (Å²) < 4.78 is 0. The maximum absolute atomic E-state index is 0. The van der Waals surface area contributed by atoms with E-state index in [1.54, 1.807) is 0 Å². The van der Waals surface area contributed by atoms with Crippen molar-refractivity contribution in [3.63, 3.8) is 0 Å². The van der Waals surface area contributed by atoms with E-state index in [-0.39, 0.29) is 96.4 Å². The summed E-state index contributed by atoms with van der Waals surface area (Å²) in [4.78, 5) is 0. The van der Waals surface area contributed by atoms with Crippen LogP contribution in [0.15, 0.2) is 0 Å². The maximum Gasteiger partial charge on any atom is 3.00 e. The molecule has 0 saturated carbocycles. The van der Waals surface area contributed by atoms with Crippen molar-refractivity contribution < 1.29 is 27.0 Å². The van der Waals surface area contributed by atoms with Gasteiger partial charge in [-0.15, -0.1) is 0 Å². The Morgan fingerprint density at radius 3 is 0.429 bits per heavy atom. The molecule has 0 aliphatic rings. The van der Waals surface area contributed by atoms with E-state index in [9.17, 15) is 0 Å². The summed E-state index contributed by atoms with van der Waals surface area (Å²) in [6.45, 7) is 0. The Bertz CT molecular complexity index is 22.7. The van der Waals surface area contributed by atoms with Gasteiger partial charge in [0, 0.05) is 0 Å². The van der Waals surface area contributed by atoms with Crippen LogP contribution >= 0.6 is 0 Å². The fourth-order valence-corrected chi connectivity index (χ4v) is 0. The molecule has 0 spiro atoms. The predicted molar refractivity (Wildman–Crippen MR) is 33.0 cm³/mol. The van der Waals surface area contributed by atoms with Gasteiger partial charge in [-0.1, -0.05) is 0 Å². The van der Waals surface area contributed by atoms with Crippen LogP contribution in [0.2, 0.25) is 0 Å². The zero-order chi connectivity index (χ0) is 0. The third kappa shape index (κ3) is 75.3. The van der Waals surface area contributed by atoms with Gasteiger partial charge in [-0.3, -0.25) is 0 Å². The molecular formula is H9Al4F3. The molecule has 0 bridgehead atoms. The molecule has 0 unspecified atom stereocenters. The zero-order valence-electron chi connectivity index (χ0n) is 12.4. The molecule has 0 fully saturated rings. The minimum atomic E-state index is 0. The summed E-state index contributed by atoms with van der Waals surface area (Å²) in [6.07, 6.45) is 0. The minimum Gasteiger partial charge on any atom is -1.00 e. The van der Waals surface area contributed by atoms with Crippen LogP contribution in [0.4, 0.5) is 0 Å². The van der Waals surface area contributed by atoms with Crippen molar-refractivity contribution in [2.45, 2.75) is 0 Å². The third-order valence-corrected chi connectivity index (χ3v) is 0. The van der Waals surface area contributed by atoms with E-state index < -0.39 is 0 Å². The van der Waals surface area contributed by atoms with Gasteiger partial charge in [0.15, 0.2) is 0 Å². The van der Waals surface area contributed by atoms with Crippen LogP contribution in [0.25, 0.3) is 0 Å². The molecule has 0 N–H and O–H groups in total. The van der Waals surface area contributed by atoms with Crippen molar-refractivity contribution >= 4 is 69.4 Å². The summed E-state index contributed by atoms with van der Waals surface area (Å²) in [5, 5.41) is 0. The van der Waals surface area contributed by atoms with Crippen molar-refractivity contribution in [1.29, 1.82) is 0 Å². The largest absolute Gasteiger partial charge is 3.00 e. The van der Waals surface area contributed by atoms with Gasteiger partial charge in [0.1, 0.15) is 0 Å². The van der Waals surface area contributed by atoms with E-state index in [2.05, 4.69) is 0 Å². The van der Waals surface area contributed by atoms with Crippen LogP contribution in [-0.2, 0) is 0 Å². The molecule has 0 heterocycles. The average molecular weight is 174 g/mol. The van der Waals surface area contributed by atoms with Gasteiger partial charge in [0.05, 0.1) is 0 Å². The molecule has 0 nitrogen and oxygen atoms in total. The van der Waals surface area contributed by atoms with Crippen LogP contribution in [-0.4, -0.2) is 69.4 Å². The quantitative estimate of drug-likeness (QED) is 0.320. The van der Waals surface area contributed by atoms with Crippen molar-refractivity contribution in [2.24, 2.45) is 0 Å². The van der Waals surface area contributed by atoms with Crippen LogP contribution in [0.1, 0.15) is 12.8 Å². The van der Waals surface area contributed by atoms with E-state index >= 15 is 0 Å². The van der Waals surface area contributed by atoms with Crippen LogP contribution in [0, 0.1) is 0 Å². The predicted octanol–water partition coefficient (Wildman–Crippen LogP) is -9.50. The average Bonchev–Trinajstić information content (AvgIpc) is 0. The van der Waals surface area contributed by atoms with Gasteiger partial charge < -0.3 is 27.0 Å². The standard InChI is InChI=1S/4Al.3FH.9H/h;;;;3*1H;;;;;;;;;/q4*+3;;;;9*-1/p-3. The maximum atomic E-state index is 0. The molecule has 7 heteroatoms. The fraction of sp³-hybridized carbons (Fsp3) is 0. The molecule has 0 rings (SSSR count). The van der Waals surface area contributed by atoms with E-state index in [1.807, 2.05) is 0 Å². The fourth-order valence-electron chi connectivity index (χ4n) is 0. The van der Waals surface area contributed by atoms with Crippen LogP contribution in [0.3, 0.4) is 0 Å². The van der Waals surface area contributed by atoms with E-state index in [1.165, 1.54) is 0 Å². The van der Waals surface area contributed by atoms with Crippen LogP contribution in [0.5, 0.6) is 0 Å². The van der Waals surface area contributed by atoms with E-state index in [0.717, 1.165) is 0 Å². The second kappa shape index (κ2) is 103. The Morgan fingerprint density at radius 1 is 0.429 bits per heavy atom. The minimum absolute atomic E-state index is 0. The molecule has 0 aliphatic carbocycles. The first-order valence-corrected chi connectivity index (χ1v) is 0. The second-order valence-electron chi connectivity index (χ2n) is 0. The molecule has 0 atom stereocenters. The molecule has 0 aromatic rings. The monoisotopic (exact) mass is 174 g/mol. The van der Waals surface area contributed by atoms with Gasteiger partial charge in [-0.25, -0.2) is 0 Å². The molecule has 0 aromatic heterocycles.